The van der Waals surface area contributed by atoms with Crippen LogP contribution in [0.4, 0.5) is 4.79 Å². The van der Waals surface area contributed by atoms with Crippen LogP contribution in [0.15, 0.2) is 0 Å². The molecule has 0 aromatic rings. The Morgan fingerprint density at radius 3 is 2.28 bits per heavy atom. The van der Waals surface area contributed by atoms with Crippen LogP contribution in [0.1, 0.15) is 53.9 Å². The molecule has 0 saturated carbocycles. The van der Waals surface area contributed by atoms with Crippen LogP contribution in [-0.4, -0.2) is 28.8 Å². The summed E-state index contributed by atoms with van der Waals surface area (Å²) in [4.78, 5) is 22.6. The molecule has 2 N–H and O–H groups in total. The molecule has 0 rings (SSSR count). The third-order valence-corrected chi connectivity index (χ3v) is 2.41. The molecule has 106 valence electrons. The van der Waals surface area contributed by atoms with E-state index in [9.17, 15) is 9.59 Å². The molecule has 0 fully saturated rings. The fourth-order valence-corrected chi connectivity index (χ4v) is 1.68. The summed E-state index contributed by atoms with van der Waals surface area (Å²) >= 11 is 0. The van der Waals surface area contributed by atoms with Gasteiger partial charge in [0.2, 0.25) is 0 Å². The Morgan fingerprint density at radius 1 is 1.33 bits per heavy atom. The summed E-state index contributed by atoms with van der Waals surface area (Å²) in [7, 11) is 0. The highest BCUT2D eigenvalue weighted by molar-refractivity contribution is 5.79. The van der Waals surface area contributed by atoms with Crippen molar-refractivity contribution in [3.63, 3.8) is 0 Å². The van der Waals surface area contributed by atoms with Crippen molar-refractivity contribution >= 4 is 12.1 Å². The molecule has 0 spiro atoms. The maximum Gasteiger partial charge on any atom is 0.408 e. The van der Waals surface area contributed by atoms with Gasteiger partial charge in [0.15, 0.2) is 0 Å². The van der Waals surface area contributed by atoms with E-state index in [4.69, 9.17) is 9.84 Å². The molecule has 0 aromatic heterocycles. The number of carboxylic acid groups (broad SMARTS) is 1. The third-order valence-electron chi connectivity index (χ3n) is 2.41. The molecule has 0 radical (unpaired) electrons. The molecule has 0 aliphatic rings. The first kappa shape index (κ1) is 16.7. The number of carbonyl (C=O) groups excluding carboxylic acids is 1. The minimum Gasteiger partial charge on any atom is -0.480 e. The summed E-state index contributed by atoms with van der Waals surface area (Å²) in [6.45, 7) is 9.25. The molecule has 5 heteroatoms. The summed E-state index contributed by atoms with van der Waals surface area (Å²) in [6.07, 6.45) is 1.68. The van der Waals surface area contributed by atoms with Gasteiger partial charge in [-0.25, -0.2) is 9.59 Å². The van der Waals surface area contributed by atoms with Crippen LogP contribution in [0, 0.1) is 5.92 Å². The number of carbonyl (C=O) groups is 2. The van der Waals surface area contributed by atoms with Crippen molar-refractivity contribution in [2.45, 2.75) is 65.5 Å². The molecule has 0 saturated heterocycles. The van der Waals surface area contributed by atoms with E-state index in [2.05, 4.69) is 5.32 Å². The van der Waals surface area contributed by atoms with Crippen LogP contribution in [-0.2, 0) is 9.53 Å². The van der Waals surface area contributed by atoms with Crippen molar-refractivity contribution in [1.82, 2.24) is 5.32 Å². The van der Waals surface area contributed by atoms with Crippen LogP contribution in [0.3, 0.4) is 0 Å². The van der Waals surface area contributed by atoms with Crippen molar-refractivity contribution in [1.29, 1.82) is 0 Å². The number of alkyl carbamates (subject to hydrolysis) is 1. The van der Waals surface area contributed by atoms with Gasteiger partial charge >= 0.3 is 12.1 Å². The lowest BCUT2D eigenvalue weighted by atomic mass is 9.97. The van der Waals surface area contributed by atoms with E-state index in [0.29, 0.717) is 6.42 Å². The number of nitrogens with one attached hydrogen (secondary N) is 1. The molecule has 1 amide bonds. The minimum absolute atomic E-state index is 0.256. The highest BCUT2D eigenvalue weighted by atomic mass is 16.6. The van der Waals surface area contributed by atoms with E-state index in [-0.39, 0.29) is 5.92 Å². The smallest absolute Gasteiger partial charge is 0.408 e. The summed E-state index contributed by atoms with van der Waals surface area (Å²) in [6, 6.07) is -0.888. The molecule has 2 atom stereocenters. The lowest BCUT2D eigenvalue weighted by Gasteiger charge is -2.23. The quantitative estimate of drug-likeness (QED) is 0.769. The van der Waals surface area contributed by atoms with Gasteiger partial charge in [-0.05, 0) is 33.1 Å². The zero-order valence-corrected chi connectivity index (χ0v) is 11.9. The van der Waals surface area contributed by atoms with Gasteiger partial charge in [-0.3, -0.25) is 0 Å². The van der Waals surface area contributed by atoms with Crippen molar-refractivity contribution in [2.75, 3.05) is 0 Å². The van der Waals surface area contributed by atoms with Gasteiger partial charge in [0.05, 0.1) is 0 Å². The van der Waals surface area contributed by atoms with Gasteiger partial charge in [-0.15, -0.1) is 0 Å². The highest BCUT2D eigenvalue weighted by Gasteiger charge is 2.25. The van der Waals surface area contributed by atoms with Gasteiger partial charge in [-0.2, -0.15) is 0 Å². The lowest BCUT2D eigenvalue weighted by Crippen LogP contribution is -2.44. The van der Waals surface area contributed by atoms with Crippen LogP contribution in [0.2, 0.25) is 0 Å². The van der Waals surface area contributed by atoms with Crippen LogP contribution in [0.25, 0.3) is 0 Å². The maximum absolute atomic E-state index is 11.5. The fourth-order valence-electron chi connectivity index (χ4n) is 1.68. The van der Waals surface area contributed by atoms with Crippen LogP contribution < -0.4 is 5.32 Å². The SMILES string of the molecule is CCCC(C)CC(NC(=O)OC(C)(C)C)C(=O)O. The summed E-state index contributed by atoms with van der Waals surface area (Å²) < 4.78 is 5.05. The number of aliphatic carboxylic acids is 1. The molecular weight excluding hydrogens is 234 g/mol. The van der Waals surface area contributed by atoms with Crippen molar-refractivity contribution in [2.24, 2.45) is 5.92 Å². The van der Waals surface area contributed by atoms with Gasteiger partial charge in [0, 0.05) is 0 Å². The Bertz CT molecular complexity index is 283. The van der Waals surface area contributed by atoms with Crippen molar-refractivity contribution < 1.29 is 19.4 Å². The number of hydrogen-bond donors (Lipinski definition) is 2. The topological polar surface area (TPSA) is 75.6 Å². The first-order valence-electron chi connectivity index (χ1n) is 6.38. The number of ether oxygens (including phenoxy) is 1. The standard InChI is InChI=1S/C13H25NO4/c1-6-7-9(2)8-10(11(15)16)14-12(17)18-13(3,4)5/h9-10H,6-8H2,1-5H3,(H,14,17)(H,15,16). The Morgan fingerprint density at radius 2 is 1.89 bits per heavy atom. The number of rotatable bonds is 6. The monoisotopic (exact) mass is 259 g/mol. The lowest BCUT2D eigenvalue weighted by molar-refractivity contribution is -0.140. The number of hydrogen-bond acceptors (Lipinski definition) is 3. The molecule has 2 unspecified atom stereocenters. The zero-order valence-electron chi connectivity index (χ0n) is 11.9. The number of amides is 1. The Kier molecular flexibility index (Phi) is 6.73. The fraction of sp³-hybridized carbons (Fsp3) is 0.846. The van der Waals surface area contributed by atoms with Gasteiger partial charge in [0.25, 0.3) is 0 Å². The van der Waals surface area contributed by atoms with Crippen LogP contribution >= 0.6 is 0 Å². The van der Waals surface area contributed by atoms with Gasteiger partial charge < -0.3 is 15.2 Å². The molecule has 0 aromatic carbocycles. The molecule has 0 bridgehead atoms. The zero-order chi connectivity index (χ0) is 14.3. The van der Waals surface area contributed by atoms with E-state index in [0.717, 1.165) is 12.8 Å². The molecule has 5 nitrogen and oxygen atoms in total. The molecule has 0 aliphatic heterocycles. The maximum atomic E-state index is 11.5. The van der Waals surface area contributed by atoms with E-state index in [1.807, 2.05) is 13.8 Å². The first-order chi connectivity index (χ1) is 8.15. The second kappa shape index (κ2) is 7.24. The normalized spacial score (nSPS) is 14.7. The van der Waals surface area contributed by atoms with E-state index in [1.165, 1.54) is 0 Å². The van der Waals surface area contributed by atoms with Crippen molar-refractivity contribution in [3.8, 4) is 0 Å². The average Bonchev–Trinajstić information content (AvgIpc) is 2.13. The average molecular weight is 259 g/mol. The second-order valence-electron chi connectivity index (χ2n) is 5.67. The van der Waals surface area contributed by atoms with Crippen molar-refractivity contribution in [3.05, 3.63) is 0 Å². The predicted octanol–water partition coefficient (Wildman–Crippen LogP) is 2.79. The summed E-state index contributed by atoms with van der Waals surface area (Å²) in [5.74, 6) is -0.769. The summed E-state index contributed by atoms with van der Waals surface area (Å²) in [5, 5.41) is 11.5. The Hall–Kier alpha value is -1.26. The second-order valence-corrected chi connectivity index (χ2v) is 5.67. The minimum atomic E-state index is -1.02. The Labute approximate surface area is 109 Å². The van der Waals surface area contributed by atoms with E-state index in [1.54, 1.807) is 20.8 Å². The third kappa shape index (κ3) is 7.92. The molecule has 0 heterocycles. The van der Waals surface area contributed by atoms with Gasteiger partial charge in [-0.1, -0.05) is 26.7 Å². The largest absolute Gasteiger partial charge is 0.480 e. The highest BCUT2D eigenvalue weighted by Crippen LogP contribution is 2.14. The van der Waals surface area contributed by atoms with Crippen LogP contribution in [0.5, 0.6) is 0 Å². The summed E-state index contributed by atoms with van der Waals surface area (Å²) in [5.41, 5.74) is -0.623. The first-order valence-corrected chi connectivity index (χ1v) is 6.38. The van der Waals surface area contributed by atoms with Gasteiger partial charge in [0.1, 0.15) is 11.6 Å². The molecular formula is C13H25NO4. The molecule has 18 heavy (non-hydrogen) atoms. The number of carboxylic acids is 1. The van der Waals surface area contributed by atoms with E-state index < -0.39 is 23.7 Å². The predicted molar refractivity (Wildman–Crippen MR) is 69.5 cm³/mol. The molecule has 0 aliphatic carbocycles. The van der Waals surface area contributed by atoms with E-state index >= 15 is 0 Å². The Balaban J connectivity index is 4.36.